The molecule has 0 fully saturated rings. The zero-order valence-corrected chi connectivity index (χ0v) is 21.4. The molecule has 174 valence electrons. The summed E-state index contributed by atoms with van der Waals surface area (Å²) in [5.41, 5.74) is 3.55. The predicted molar refractivity (Wildman–Crippen MR) is 141 cm³/mol. The van der Waals surface area contributed by atoms with Crippen LogP contribution in [0.3, 0.4) is 0 Å². The average molecular weight is 510 g/mol. The minimum atomic E-state index is -0.0576. The van der Waals surface area contributed by atoms with Crippen LogP contribution in [0.1, 0.15) is 33.3 Å². The van der Waals surface area contributed by atoms with E-state index in [1.165, 1.54) is 16.6 Å². The first kappa shape index (κ1) is 23.3. The normalized spacial score (nSPS) is 13.9. The zero-order chi connectivity index (χ0) is 23.8. The van der Waals surface area contributed by atoms with E-state index in [2.05, 4.69) is 11.8 Å². The summed E-state index contributed by atoms with van der Waals surface area (Å²) < 4.78 is 1.67. The van der Waals surface area contributed by atoms with Crippen LogP contribution in [0.2, 0.25) is 5.02 Å². The fourth-order valence-electron chi connectivity index (χ4n) is 4.21. The Morgan fingerprint density at radius 2 is 1.88 bits per heavy atom. The Hall–Kier alpha value is -2.45. The maximum absolute atomic E-state index is 13.9. The molecule has 0 saturated carbocycles. The minimum absolute atomic E-state index is 0.0319. The summed E-state index contributed by atoms with van der Waals surface area (Å²) in [5, 5.41) is 1.85. The smallest absolute Gasteiger partial charge is 0.267 e. The fourth-order valence-corrected chi connectivity index (χ4v) is 6.55. The van der Waals surface area contributed by atoms with E-state index < -0.39 is 0 Å². The summed E-state index contributed by atoms with van der Waals surface area (Å²) in [7, 11) is 0. The Morgan fingerprint density at radius 3 is 2.59 bits per heavy atom. The number of ketones is 1. The second kappa shape index (κ2) is 9.66. The van der Waals surface area contributed by atoms with Gasteiger partial charge in [0.05, 0.1) is 16.8 Å². The molecule has 0 amide bonds. The molecule has 8 heteroatoms. The topological polar surface area (TPSA) is 55.2 Å². The van der Waals surface area contributed by atoms with E-state index in [0.717, 1.165) is 53.1 Å². The fraction of sp³-hybridized carbons (Fsp3) is 0.269. The number of rotatable bonds is 6. The Morgan fingerprint density at radius 1 is 1.15 bits per heavy atom. The van der Waals surface area contributed by atoms with Gasteiger partial charge in [-0.25, -0.2) is 4.98 Å². The van der Waals surface area contributed by atoms with Crippen molar-refractivity contribution in [3.8, 4) is 5.69 Å². The standard InChI is InChI=1S/C26H24ClN3O2S2/c1-3-29-13-12-20-22(14-29)34-24-23(20)25(32)30(19-10-4-16(2)5-11-19)26(28-24)33-15-21(31)17-6-8-18(27)9-7-17/h4-11H,3,12-15H2,1-2H3. The van der Waals surface area contributed by atoms with Crippen LogP contribution in [0, 0.1) is 6.92 Å². The highest BCUT2D eigenvalue weighted by Gasteiger charge is 2.25. The van der Waals surface area contributed by atoms with Gasteiger partial charge < -0.3 is 0 Å². The van der Waals surface area contributed by atoms with Crippen LogP contribution < -0.4 is 5.56 Å². The van der Waals surface area contributed by atoms with Crippen LogP contribution in [0.25, 0.3) is 15.9 Å². The lowest BCUT2D eigenvalue weighted by molar-refractivity contribution is 0.102. The molecule has 0 aliphatic carbocycles. The van der Waals surface area contributed by atoms with Gasteiger partial charge in [0.15, 0.2) is 10.9 Å². The summed E-state index contributed by atoms with van der Waals surface area (Å²) in [5.74, 6) is 0.149. The molecule has 34 heavy (non-hydrogen) atoms. The summed E-state index contributed by atoms with van der Waals surface area (Å²) in [6, 6.07) is 14.7. The van der Waals surface area contributed by atoms with Gasteiger partial charge in [-0.3, -0.25) is 19.1 Å². The van der Waals surface area contributed by atoms with Crippen LogP contribution in [-0.2, 0) is 13.0 Å². The van der Waals surface area contributed by atoms with E-state index in [4.69, 9.17) is 16.6 Å². The third-order valence-corrected chi connectivity index (χ3v) is 8.46. The number of Topliss-reactive ketones (excluding diaryl/α,β-unsaturated/α-hetero) is 1. The molecule has 0 N–H and O–H groups in total. The highest BCUT2D eigenvalue weighted by molar-refractivity contribution is 7.99. The Bertz CT molecular complexity index is 1430. The predicted octanol–water partition coefficient (Wildman–Crippen LogP) is 5.76. The van der Waals surface area contributed by atoms with Gasteiger partial charge >= 0.3 is 0 Å². The van der Waals surface area contributed by atoms with Crippen molar-refractivity contribution < 1.29 is 4.79 Å². The summed E-state index contributed by atoms with van der Waals surface area (Å²) in [6.07, 6.45) is 0.857. The summed E-state index contributed by atoms with van der Waals surface area (Å²) >= 11 is 8.86. The van der Waals surface area contributed by atoms with Gasteiger partial charge in [-0.05, 0) is 61.9 Å². The molecule has 2 aromatic heterocycles. The largest absolute Gasteiger partial charge is 0.298 e. The molecule has 5 nitrogen and oxygen atoms in total. The van der Waals surface area contributed by atoms with E-state index in [0.29, 0.717) is 15.7 Å². The molecule has 0 spiro atoms. The highest BCUT2D eigenvalue weighted by atomic mass is 35.5. The number of benzene rings is 2. The number of halogens is 1. The first-order valence-electron chi connectivity index (χ1n) is 11.2. The molecule has 4 aromatic rings. The summed E-state index contributed by atoms with van der Waals surface area (Å²) in [6.45, 7) is 6.97. The number of hydrogen-bond acceptors (Lipinski definition) is 6. The average Bonchev–Trinajstić information content (AvgIpc) is 3.21. The molecule has 5 rings (SSSR count). The van der Waals surface area contributed by atoms with Crippen LogP contribution in [0.4, 0.5) is 0 Å². The van der Waals surface area contributed by atoms with Crippen molar-refractivity contribution in [1.82, 2.24) is 14.5 Å². The van der Waals surface area contributed by atoms with E-state index in [-0.39, 0.29) is 17.1 Å². The van der Waals surface area contributed by atoms with Crippen molar-refractivity contribution in [2.75, 3.05) is 18.8 Å². The first-order valence-corrected chi connectivity index (χ1v) is 13.4. The van der Waals surface area contributed by atoms with Gasteiger partial charge in [0.2, 0.25) is 0 Å². The quantitative estimate of drug-likeness (QED) is 0.188. The van der Waals surface area contributed by atoms with E-state index >= 15 is 0 Å². The molecule has 0 atom stereocenters. The monoisotopic (exact) mass is 509 g/mol. The third kappa shape index (κ3) is 4.45. The number of likely N-dealkylation sites (N-methyl/N-ethyl adjacent to an activating group) is 1. The lowest BCUT2D eigenvalue weighted by atomic mass is 10.1. The lowest BCUT2D eigenvalue weighted by Crippen LogP contribution is -2.30. The van der Waals surface area contributed by atoms with Crippen molar-refractivity contribution in [1.29, 1.82) is 0 Å². The number of carbonyl (C=O) groups is 1. The second-order valence-corrected chi connectivity index (χ2v) is 10.9. The SMILES string of the molecule is CCN1CCc2c(sc3nc(SCC(=O)c4ccc(Cl)cc4)n(-c4ccc(C)cc4)c(=O)c23)C1. The molecule has 0 saturated heterocycles. The van der Waals surface area contributed by atoms with E-state index in [9.17, 15) is 9.59 Å². The van der Waals surface area contributed by atoms with Crippen molar-refractivity contribution in [3.05, 3.63) is 85.5 Å². The molecule has 1 aliphatic heterocycles. The Balaban J connectivity index is 1.58. The van der Waals surface area contributed by atoms with Crippen molar-refractivity contribution in [2.24, 2.45) is 0 Å². The number of thioether (sulfide) groups is 1. The van der Waals surface area contributed by atoms with Crippen LogP contribution in [0.15, 0.2) is 58.5 Å². The molecular weight excluding hydrogens is 486 g/mol. The number of hydrogen-bond donors (Lipinski definition) is 0. The third-order valence-electron chi connectivity index (χ3n) is 6.16. The number of carbonyl (C=O) groups excluding carboxylic acids is 1. The van der Waals surface area contributed by atoms with Crippen LogP contribution >= 0.6 is 34.7 Å². The molecule has 3 heterocycles. The second-order valence-electron chi connectivity index (χ2n) is 8.39. The van der Waals surface area contributed by atoms with Crippen LogP contribution in [0.5, 0.6) is 0 Å². The van der Waals surface area contributed by atoms with E-state index in [1.54, 1.807) is 40.2 Å². The lowest BCUT2D eigenvalue weighted by Gasteiger charge is -2.25. The van der Waals surface area contributed by atoms with Crippen LogP contribution in [-0.4, -0.2) is 39.1 Å². The molecule has 1 aliphatic rings. The number of nitrogens with zero attached hydrogens (tertiary/aromatic N) is 3. The van der Waals surface area contributed by atoms with Gasteiger partial charge in [-0.2, -0.15) is 0 Å². The van der Waals surface area contributed by atoms with Gasteiger partial charge in [-0.1, -0.05) is 48.0 Å². The molecule has 0 bridgehead atoms. The van der Waals surface area contributed by atoms with Gasteiger partial charge in [0.1, 0.15) is 4.83 Å². The number of aryl methyl sites for hydroxylation is 1. The Kier molecular flexibility index (Phi) is 6.62. The number of thiophene rings is 1. The zero-order valence-electron chi connectivity index (χ0n) is 19.0. The maximum Gasteiger partial charge on any atom is 0.267 e. The number of aromatic nitrogens is 2. The molecule has 0 radical (unpaired) electrons. The van der Waals surface area contributed by atoms with Gasteiger partial charge in [0.25, 0.3) is 5.56 Å². The molecule has 0 unspecified atom stereocenters. The van der Waals surface area contributed by atoms with Crippen molar-refractivity contribution in [3.63, 3.8) is 0 Å². The van der Waals surface area contributed by atoms with Gasteiger partial charge in [-0.15, -0.1) is 11.3 Å². The molecular formula is C26H24ClN3O2S2. The highest BCUT2D eigenvalue weighted by Crippen LogP contribution is 2.34. The van der Waals surface area contributed by atoms with Crippen molar-refractivity contribution >= 4 is 50.7 Å². The molecule has 2 aromatic carbocycles. The van der Waals surface area contributed by atoms with E-state index in [1.807, 2.05) is 31.2 Å². The van der Waals surface area contributed by atoms with Gasteiger partial charge in [0, 0.05) is 28.6 Å². The Labute approximate surface area is 211 Å². The van der Waals surface area contributed by atoms with Crippen molar-refractivity contribution in [2.45, 2.75) is 32.0 Å². The maximum atomic E-state index is 13.9. The first-order chi connectivity index (χ1) is 16.4. The number of fused-ring (bicyclic) bond motifs is 3. The minimum Gasteiger partial charge on any atom is -0.298 e. The summed E-state index contributed by atoms with van der Waals surface area (Å²) in [4.78, 5) is 36.0.